The minimum atomic E-state index is -2.89. The molecule has 1 aliphatic rings. The highest BCUT2D eigenvalue weighted by molar-refractivity contribution is 7.53. The van der Waals surface area contributed by atoms with Gasteiger partial charge in [0.25, 0.3) is 0 Å². The fraction of sp³-hybridized carbons (Fsp3) is 0.455. The van der Waals surface area contributed by atoms with Gasteiger partial charge in [-0.05, 0) is 18.9 Å². The van der Waals surface area contributed by atoms with E-state index in [1.54, 1.807) is 0 Å². The molecule has 0 unspecified atom stereocenters. The standard InChI is InChI=1S/C11H15O3P/c1-10-7-8-13-15(12,14-10)9-11-5-3-2-4-6-11/h2-6,10H,7-9H2,1H3/t10-,15+/m0/s1. The largest absolute Gasteiger partial charge is 0.335 e. The number of hydrogen-bond acceptors (Lipinski definition) is 3. The molecule has 0 N–H and O–H groups in total. The number of hydrogen-bond donors (Lipinski definition) is 0. The molecule has 0 spiro atoms. The molecule has 0 amide bonds. The molecule has 2 rings (SSSR count). The third-order valence-corrected chi connectivity index (χ3v) is 4.38. The maximum atomic E-state index is 12.2. The van der Waals surface area contributed by atoms with Gasteiger partial charge in [-0.15, -0.1) is 0 Å². The predicted molar refractivity (Wildman–Crippen MR) is 58.9 cm³/mol. The third kappa shape index (κ3) is 2.91. The SMILES string of the molecule is C[C@H]1CCO[P@](=O)(Cc2ccccc2)O1. The molecule has 0 aromatic heterocycles. The first-order valence-electron chi connectivity index (χ1n) is 5.14. The lowest BCUT2D eigenvalue weighted by molar-refractivity contribution is 0.0917. The van der Waals surface area contributed by atoms with Crippen LogP contribution >= 0.6 is 7.60 Å². The van der Waals surface area contributed by atoms with Gasteiger partial charge >= 0.3 is 7.60 Å². The number of benzene rings is 1. The third-order valence-electron chi connectivity index (χ3n) is 2.37. The summed E-state index contributed by atoms with van der Waals surface area (Å²) in [5.41, 5.74) is 0.995. The van der Waals surface area contributed by atoms with Crippen molar-refractivity contribution < 1.29 is 13.6 Å². The van der Waals surface area contributed by atoms with Crippen molar-refractivity contribution in [3.63, 3.8) is 0 Å². The summed E-state index contributed by atoms with van der Waals surface area (Å²) in [6, 6.07) is 9.66. The molecule has 2 atom stereocenters. The molecular formula is C11H15O3P. The van der Waals surface area contributed by atoms with Crippen molar-refractivity contribution in [2.24, 2.45) is 0 Å². The van der Waals surface area contributed by atoms with Crippen LogP contribution in [0.15, 0.2) is 30.3 Å². The van der Waals surface area contributed by atoms with Crippen LogP contribution in [-0.4, -0.2) is 12.7 Å². The predicted octanol–water partition coefficient (Wildman–Crippen LogP) is 3.21. The normalized spacial score (nSPS) is 31.4. The van der Waals surface area contributed by atoms with E-state index in [1.165, 1.54) is 0 Å². The second kappa shape index (κ2) is 4.48. The minimum absolute atomic E-state index is 0.0355. The van der Waals surface area contributed by atoms with Crippen LogP contribution in [0.5, 0.6) is 0 Å². The van der Waals surface area contributed by atoms with Gasteiger partial charge < -0.3 is 9.05 Å². The van der Waals surface area contributed by atoms with Gasteiger partial charge in [0.15, 0.2) is 0 Å². The average Bonchev–Trinajstić information content (AvgIpc) is 2.18. The van der Waals surface area contributed by atoms with Crippen molar-refractivity contribution in [3.05, 3.63) is 35.9 Å². The highest BCUT2D eigenvalue weighted by Gasteiger charge is 2.31. The Balaban J connectivity index is 2.07. The highest BCUT2D eigenvalue weighted by atomic mass is 31.2. The number of rotatable bonds is 2. The monoisotopic (exact) mass is 226 g/mol. The van der Waals surface area contributed by atoms with Crippen LogP contribution in [0.25, 0.3) is 0 Å². The van der Waals surface area contributed by atoms with E-state index in [9.17, 15) is 4.57 Å². The van der Waals surface area contributed by atoms with Crippen molar-refractivity contribution in [2.75, 3.05) is 6.61 Å². The zero-order valence-electron chi connectivity index (χ0n) is 8.76. The van der Waals surface area contributed by atoms with Crippen LogP contribution in [0.2, 0.25) is 0 Å². The second-order valence-electron chi connectivity index (χ2n) is 3.79. The lowest BCUT2D eigenvalue weighted by atomic mass is 10.2. The molecule has 1 aromatic carbocycles. The van der Waals surface area contributed by atoms with E-state index in [0.717, 1.165) is 12.0 Å². The van der Waals surface area contributed by atoms with Gasteiger partial charge in [-0.3, -0.25) is 4.57 Å². The van der Waals surface area contributed by atoms with Gasteiger partial charge in [-0.2, -0.15) is 0 Å². The topological polar surface area (TPSA) is 35.5 Å². The summed E-state index contributed by atoms with van der Waals surface area (Å²) in [6.45, 7) is 2.46. The molecule has 4 heteroatoms. The molecule has 82 valence electrons. The quantitative estimate of drug-likeness (QED) is 0.726. The van der Waals surface area contributed by atoms with Gasteiger partial charge in [0.1, 0.15) is 0 Å². The summed E-state index contributed by atoms with van der Waals surface area (Å²) in [4.78, 5) is 0. The van der Waals surface area contributed by atoms with Gasteiger partial charge in [0.2, 0.25) is 0 Å². The van der Waals surface area contributed by atoms with Crippen LogP contribution in [0.1, 0.15) is 18.9 Å². The van der Waals surface area contributed by atoms with Crippen molar-refractivity contribution >= 4 is 7.60 Å². The molecule has 1 saturated heterocycles. The van der Waals surface area contributed by atoms with Crippen LogP contribution in [-0.2, 0) is 19.8 Å². The maximum Gasteiger partial charge on any atom is 0.335 e. The van der Waals surface area contributed by atoms with Crippen LogP contribution in [0.3, 0.4) is 0 Å². The average molecular weight is 226 g/mol. The minimum Gasteiger partial charge on any atom is -0.308 e. The molecule has 0 aliphatic carbocycles. The first-order chi connectivity index (χ1) is 7.18. The Kier molecular flexibility index (Phi) is 3.25. The molecule has 1 heterocycles. The van der Waals surface area contributed by atoms with E-state index in [0.29, 0.717) is 12.8 Å². The van der Waals surface area contributed by atoms with Crippen LogP contribution < -0.4 is 0 Å². The summed E-state index contributed by atoms with van der Waals surface area (Å²) in [5, 5.41) is 0. The van der Waals surface area contributed by atoms with Gasteiger partial charge in [0, 0.05) is 0 Å². The molecule has 3 nitrogen and oxygen atoms in total. The maximum absolute atomic E-state index is 12.2. The zero-order chi connectivity index (χ0) is 10.7. The van der Waals surface area contributed by atoms with E-state index in [1.807, 2.05) is 37.3 Å². The van der Waals surface area contributed by atoms with E-state index in [-0.39, 0.29) is 6.10 Å². The first kappa shape index (κ1) is 10.9. The highest BCUT2D eigenvalue weighted by Crippen LogP contribution is 2.54. The molecule has 1 fully saturated rings. The Hall–Kier alpha value is -0.630. The molecular weight excluding hydrogens is 211 g/mol. The van der Waals surface area contributed by atoms with E-state index in [4.69, 9.17) is 9.05 Å². The molecule has 0 bridgehead atoms. The molecule has 1 aromatic rings. The Bertz CT molecular complexity index is 363. The lowest BCUT2D eigenvalue weighted by Crippen LogP contribution is -2.17. The molecule has 1 aliphatic heterocycles. The van der Waals surface area contributed by atoms with Crippen LogP contribution in [0.4, 0.5) is 0 Å². The summed E-state index contributed by atoms with van der Waals surface area (Å²) in [6.07, 6.45) is 1.23. The lowest BCUT2D eigenvalue weighted by Gasteiger charge is -2.27. The summed E-state index contributed by atoms with van der Waals surface area (Å²) >= 11 is 0. The smallest absolute Gasteiger partial charge is 0.308 e. The van der Waals surface area contributed by atoms with Gasteiger partial charge in [0.05, 0.1) is 18.9 Å². The molecule has 0 saturated carbocycles. The van der Waals surface area contributed by atoms with Crippen molar-refractivity contribution in [3.8, 4) is 0 Å². The van der Waals surface area contributed by atoms with Crippen LogP contribution in [0, 0.1) is 0 Å². The van der Waals surface area contributed by atoms with Crippen molar-refractivity contribution in [1.29, 1.82) is 0 Å². The Labute approximate surface area is 89.9 Å². The van der Waals surface area contributed by atoms with Gasteiger partial charge in [-0.1, -0.05) is 30.3 Å². The van der Waals surface area contributed by atoms with E-state index < -0.39 is 7.60 Å². The fourth-order valence-corrected chi connectivity index (χ4v) is 3.53. The van der Waals surface area contributed by atoms with Crippen molar-refractivity contribution in [1.82, 2.24) is 0 Å². The zero-order valence-corrected chi connectivity index (χ0v) is 9.65. The summed E-state index contributed by atoms with van der Waals surface area (Å²) < 4.78 is 22.9. The molecule has 0 radical (unpaired) electrons. The Morgan fingerprint density at radius 3 is 2.80 bits per heavy atom. The fourth-order valence-electron chi connectivity index (χ4n) is 1.60. The van der Waals surface area contributed by atoms with Crippen molar-refractivity contribution in [2.45, 2.75) is 25.6 Å². The van der Waals surface area contributed by atoms with E-state index in [2.05, 4.69) is 0 Å². The summed E-state index contributed by atoms with van der Waals surface area (Å²) in [7, 11) is -2.89. The Morgan fingerprint density at radius 2 is 2.13 bits per heavy atom. The van der Waals surface area contributed by atoms with Gasteiger partial charge in [-0.25, -0.2) is 0 Å². The first-order valence-corrected chi connectivity index (χ1v) is 6.87. The molecule has 15 heavy (non-hydrogen) atoms. The summed E-state index contributed by atoms with van der Waals surface area (Å²) in [5.74, 6) is 0. The second-order valence-corrected chi connectivity index (χ2v) is 5.80. The Morgan fingerprint density at radius 1 is 1.40 bits per heavy atom. The van der Waals surface area contributed by atoms with E-state index >= 15 is 0 Å².